The molecule has 3 aromatic rings. The minimum absolute atomic E-state index is 0.0722. The van der Waals surface area contributed by atoms with Crippen molar-refractivity contribution in [3.05, 3.63) is 90.6 Å². The molecule has 1 unspecified atom stereocenters. The van der Waals surface area contributed by atoms with Gasteiger partial charge < -0.3 is 14.6 Å². The van der Waals surface area contributed by atoms with Crippen molar-refractivity contribution in [2.24, 2.45) is 4.99 Å². The number of esters is 1. The molecule has 0 amide bonds. The standard InChI is InChI=1S/C24H22N2O5S/c1-4-31-23(29)20-14(2)25-24-26(21(20)16-10-6-8-12-18(16)30-3)22(28)19(32-24)13-15-9-5-7-11-17(15)27/h5-13,21,27H,4H2,1-3H3/b19-13+. The fraction of sp³-hybridized carbons (Fsp3) is 0.208. The van der Waals surface area contributed by atoms with E-state index in [9.17, 15) is 14.7 Å². The van der Waals surface area contributed by atoms with Crippen LogP contribution in [0.2, 0.25) is 0 Å². The molecule has 2 aromatic carbocycles. The van der Waals surface area contributed by atoms with E-state index in [0.29, 0.717) is 31.9 Å². The third-order valence-electron chi connectivity index (χ3n) is 5.17. The molecule has 0 radical (unpaired) electrons. The van der Waals surface area contributed by atoms with Gasteiger partial charge in [-0.05, 0) is 32.1 Å². The molecule has 0 saturated carbocycles. The molecule has 8 heteroatoms. The van der Waals surface area contributed by atoms with E-state index in [0.717, 1.165) is 0 Å². The van der Waals surface area contributed by atoms with E-state index in [2.05, 4.69) is 4.99 Å². The molecule has 0 fully saturated rings. The first-order valence-corrected chi connectivity index (χ1v) is 10.9. The number of methoxy groups -OCH3 is 1. The summed E-state index contributed by atoms with van der Waals surface area (Å²) in [6, 6.07) is 13.3. The third-order valence-corrected chi connectivity index (χ3v) is 6.16. The van der Waals surface area contributed by atoms with Crippen LogP contribution in [0.4, 0.5) is 0 Å². The average Bonchev–Trinajstić information content (AvgIpc) is 3.09. The fourth-order valence-corrected chi connectivity index (χ4v) is 4.77. The molecule has 1 N–H and O–H groups in total. The van der Waals surface area contributed by atoms with Crippen LogP contribution in [-0.2, 0) is 9.53 Å². The molecule has 0 aliphatic carbocycles. The van der Waals surface area contributed by atoms with Crippen molar-refractivity contribution in [2.45, 2.75) is 19.9 Å². The first kappa shape index (κ1) is 21.6. The first-order chi connectivity index (χ1) is 15.5. The lowest BCUT2D eigenvalue weighted by atomic mass is 9.95. The van der Waals surface area contributed by atoms with Gasteiger partial charge in [0.25, 0.3) is 5.56 Å². The van der Waals surface area contributed by atoms with E-state index < -0.39 is 12.0 Å². The predicted octanol–water partition coefficient (Wildman–Crippen LogP) is 2.51. The Kier molecular flexibility index (Phi) is 5.96. The topological polar surface area (TPSA) is 90.1 Å². The highest BCUT2D eigenvalue weighted by Gasteiger charge is 2.34. The number of benzene rings is 2. The predicted molar refractivity (Wildman–Crippen MR) is 121 cm³/mol. The number of fused-ring (bicyclic) bond motifs is 1. The number of aromatic hydroxyl groups is 1. The van der Waals surface area contributed by atoms with Gasteiger partial charge in [-0.15, -0.1) is 0 Å². The zero-order valence-electron chi connectivity index (χ0n) is 17.9. The molecule has 1 aliphatic rings. The van der Waals surface area contributed by atoms with E-state index >= 15 is 0 Å². The van der Waals surface area contributed by atoms with Gasteiger partial charge in [-0.1, -0.05) is 47.7 Å². The van der Waals surface area contributed by atoms with Gasteiger partial charge in [0.05, 0.1) is 29.5 Å². The highest BCUT2D eigenvalue weighted by molar-refractivity contribution is 7.07. The molecular weight excluding hydrogens is 428 g/mol. The molecule has 32 heavy (non-hydrogen) atoms. The van der Waals surface area contributed by atoms with Crippen LogP contribution in [0.25, 0.3) is 6.08 Å². The highest BCUT2D eigenvalue weighted by Crippen LogP contribution is 2.35. The van der Waals surface area contributed by atoms with E-state index in [1.807, 2.05) is 18.2 Å². The Labute approximate surface area is 188 Å². The summed E-state index contributed by atoms with van der Waals surface area (Å²) in [4.78, 5) is 31.5. The van der Waals surface area contributed by atoms with Gasteiger partial charge in [-0.3, -0.25) is 9.36 Å². The van der Waals surface area contributed by atoms with Gasteiger partial charge in [0.2, 0.25) is 0 Å². The van der Waals surface area contributed by atoms with Crippen LogP contribution < -0.4 is 19.6 Å². The maximum absolute atomic E-state index is 13.5. The number of rotatable bonds is 5. The quantitative estimate of drug-likeness (QED) is 0.604. The maximum Gasteiger partial charge on any atom is 0.338 e. The number of hydrogen-bond acceptors (Lipinski definition) is 7. The lowest BCUT2D eigenvalue weighted by molar-refractivity contribution is -0.139. The van der Waals surface area contributed by atoms with E-state index in [4.69, 9.17) is 9.47 Å². The molecule has 7 nitrogen and oxygen atoms in total. The Morgan fingerprint density at radius 2 is 1.94 bits per heavy atom. The maximum atomic E-state index is 13.5. The van der Waals surface area contributed by atoms with Crippen LogP contribution >= 0.6 is 11.3 Å². The Balaban J connectivity index is 2.01. The van der Waals surface area contributed by atoms with Gasteiger partial charge in [0, 0.05) is 11.1 Å². The summed E-state index contributed by atoms with van der Waals surface area (Å²) < 4.78 is 12.7. The first-order valence-electron chi connectivity index (χ1n) is 10.1. The van der Waals surface area contributed by atoms with Gasteiger partial charge in [-0.25, -0.2) is 9.79 Å². The molecule has 1 aliphatic heterocycles. The monoisotopic (exact) mass is 450 g/mol. The summed E-state index contributed by atoms with van der Waals surface area (Å²) in [7, 11) is 1.54. The summed E-state index contributed by atoms with van der Waals surface area (Å²) in [6.07, 6.45) is 1.63. The van der Waals surface area contributed by atoms with Crippen molar-refractivity contribution in [3.63, 3.8) is 0 Å². The number of carbonyl (C=O) groups excluding carboxylic acids is 1. The van der Waals surface area contributed by atoms with Crippen molar-refractivity contribution >= 4 is 23.4 Å². The number of allylic oxidation sites excluding steroid dienone is 1. The Bertz CT molecular complexity index is 1400. The molecule has 4 rings (SSSR count). The Morgan fingerprint density at radius 3 is 2.66 bits per heavy atom. The molecular formula is C24H22N2O5S. The van der Waals surface area contributed by atoms with Crippen molar-refractivity contribution in [1.82, 2.24) is 4.57 Å². The number of aromatic nitrogens is 1. The second-order valence-electron chi connectivity index (χ2n) is 7.10. The van der Waals surface area contributed by atoms with Gasteiger partial charge >= 0.3 is 5.97 Å². The molecule has 0 bridgehead atoms. The zero-order chi connectivity index (χ0) is 22.8. The number of nitrogens with zero attached hydrogens (tertiary/aromatic N) is 2. The van der Waals surface area contributed by atoms with E-state index in [1.54, 1.807) is 57.4 Å². The summed E-state index contributed by atoms with van der Waals surface area (Å²) in [5.74, 6) is 0.0897. The van der Waals surface area contributed by atoms with Crippen LogP contribution in [0.5, 0.6) is 11.5 Å². The zero-order valence-corrected chi connectivity index (χ0v) is 18.7. The second kappa shape index (κ2) is 8.84. The van der Waals surface area contributed by atoms with Crippen LogP contribution in [0.3, 0.4) is 0 Å². The van der Waals surface area contributed by atoms with Crippen molar-refractivity contribution in [3.8, 4) is 11.5 Å². The summed E-state index contributed by atoms with van der Waals surface area (Å²) >= 11 is 1.20. The normalized spacial score (nSPS) is 15.8. The molecule has 1 atom stereocenters. The minimum Gasteiger partial charge on any atom is -0.507 e. The SMILES string of the molecule is CCOC(=O)C1=C(C)N=c2s/c(=C/c3ccccc3O)c(=O)n2C1c1ccccc1OC. The lowest BCUT2D eigenvalue weighted by Crippen LogP contribution is -2.40. The number of para-hydroxylation sites is 2. The molecule has 1 aromatic heterocycles. The lowest BCUT2D eigenvalue weighted by Gasteiger charge is -2.25. The smallest absolute Gasteiger partial charge is 0.338 e. The molecule has 2 heterocycles. The summed E-state index contributed by atoms with van der Waals surface area (Å²) in [5, 5.41) is 10.1. The number of phenols is 1. The number of ether oxygens (including phenoxy) is 2. The number of hydrogen-bond donors (Lipinski definition) is 1. The minimum atomic E-state index is -0.757. The number of thiazole rings is 1. The Morgan fingerprint density at radius 1 is 1.22 bits per heavy atom. The van der Waals surface area contributed by atoms with Crippen molar-refractivity contribution in [1.29, 1.82) is 0 Å². The van der Waals surface area contributed by atoms with Crippen LogP contribution in [0, 0.1) is 0 Å². The highest BCUT2D eigenvalue weighted by atomic mass is 32.1. The van der Waals surface area contributed by atoms with Crippen molar-refractivity contribution < 1.29 is 19.4 Å². The van der Waals surface area contributed by atoms with Crippen LogP contribution in [0.15, 0.2) is 69.6 Å². The van der Waals surface area contributed by atoms with E-state index in [1.165, 1.54) is 15.9 Å². The molecule has 0 saturated heterocycles. The average molecular weight is 451 g/mol. The van der Waals surface area contributed by atoms with Crippen molar-refractivity contribution in [2.75, 3.05) is 13.7 Å². The fourth-order valence-electron chi connectivity index (χ4n) is 3.73. The largest absolute Gasteiger partial charge is 0.507 e. The van der Waals surface area contributed by atoms with Gasteiger partial charge in [0.1, 0.15) is 17.5 Å². The van der Waals surface area contributed by atoms with Gasteiger partial charge in [-0.2, -0.15) is 0 Å². The second-order valence-corrected chi connectivity index (χ2v) is 8.11. The third kappa shape index (κ3) is 3.73. The van der Waals surface area contributed by atoms with Crippen LogP contribution in [-0.4, -0.2) is 29.4 Å². The van der Waals surface area contributed by atoms with E-state index in [-0.39, 0.29) is 23.5 Å². The number of phenolic OH excluding ortho intramolecular Hbond substituents is 1. The summed E-state index contributed by atoms with van der Waals surface area (Å²) in [6.45, 7) is 3.66. The van der Waals surface area contributed by atoms with Crippen LogP contribution in [0.1, 0.15) is 31.0 Å². The molecule has 0 spiro atoms. The Hall–Kier alpha value is -3.65. The van der Waals surface area contributed by atoms with Gasteiger partial charge in [0.15, 0.2) is 4.80 Å². The molecule has 164 valence electrons. The summed E-state index contributed by atoms with van der Waals surface area (Å²) in [5.41, 5.74) is 1.63. The number of carbonyl (C=O) groups is 1.